The minimum absolute atomic E-state index is 0.0216. The lowest BCUT2D eigenvalue weighted by Gasteiger charge is -2.13. The van der Waals surface area contributed by atoms with Gasteiger partial charge in [-0.25, -0.2) is 0 Å². The van der Waals surface area contributed by atoms with Gasteiger partial charge in [-0.1, -0.05) is 6.07 Å². The highest BCUT2D eigenvalue weighted by molar-refractivity contribution is 14.1. The maximum Gasteiger partial charge on any atom is 0.251 e. The molecular weight excluding hydrogens is 324 g/mol. The molecule has 1 aromatic carbocycles. The van der Waals surface area contributed by atoms with E-state index >= 15 is 0 Å². The fourth-order valence-electron chi connectivity index (χ4n) is 1.39. The van der Waals surface area contributed by atoms with E-state index in [-0.39, 0.29) is 11.4 Å². The first-order valence-corrected chi connectivity index (χ1v) is 6.41. The van der Waals surface area contributed by atoms with Crippen molar-refractivity contribution in [3.05, 3.63) is 33.4 Å². The number of carbonyl (C=O) groups excluding carboxylic acids is 1. The van der Waals surface area contributed by atoms with Gasteiger partial charge >= 0.3 is 0 Å². The van der Waals surface area contributed by atoms with Crippen LogP contribution >= 0.6 is 34.2 Å². The van der Waals surface area contributed by atoms with Crippen LogP contribution in [0.1, 0.15) is 23.2 Å². The third kappa shape index (κ3) is 2.64. The van der Waals surface area contributed by atoms with Gasteiger partial charge in [0.1, 0.15) is 0 Å². The Morgan fingerprint density at radius 3 is 2.80 bits per heavy atom. The summed E-state index contributed by atoms with van der Waals surface area (Å²) in [6.07, 6.45) is 1.98. The second-order valence-corrected chi connectivity index (χ2v) is 5.39. The lowest BCUT2D eigenvalue weighted by Crippen LogP contribution is -2.38. The average Bonchev–Trinajstić information content (AvgIpc) is 2.98. The maximum absolute atomic E-state index is 11.8. The summed E-state index contributed by atoms with van der Waals surface area (Å²) >= 11 is 8.00. The molecule has 0 heterocycles. The molecule has 0 saturated heterocycles. The third-order valence-electron chi connectivity index (χ3n) is 2.57. The van der Waals surface area contributed by atoms with Crippen LogP contribution < -0.4 is 5.32 Å². The molecule has 0 aliphatic heterocycles. The molecule has 1 N–H and O–H groups in total. The highest BCUT2D eigenvalue weighted by Crippen LogP contribution is 2.36. The van der Waals surface area contributed by atoms with E-state index in [4.69, 9.17) is 11.6 Å². The van der Waals surface area contributed by atoms with Crippen LogP contribution in [0.3, 0.4) is 0 Å². The normalized spacial score (nSPS) is 17.2. The highest BCUT2D eigenvalue weighted by Gasteiger charge is 2.43. The van der Waals surface area contributed by atoms with Gasteiger partial charge in [0.25, 0.3) is 5.91 Å². The molecule has 0 spiro atoms. The smallest absolute Gasteiger partial charge is 0.251 e. The largest absolute Gasteiger partial charge is 0.345 e. The summed E-state index contributed by atoms with van der Waals surface area (Å²) in [5, 5.41) is 2.99. The van der Waals surface area contributed by atoms with Crippen LogP contribution in [-0.4, -0.2) is 17.3 Å². The summed E-state index contributed by atoms with van der Waals surface area (Å²) in [6.45, 7) is 0. The predicted octanol–water partition coefficient (Wildman–Crippen LogP) is 2.79. The number of carbonyl (C=O) groups is 1. The Morgan fingerprint density at radius 2 is 2.27 bits per heavy atom. The second-order valence-electron chi connectivity index (χ2n) is 3.88. The van der Waals surface area contributed by atoms with E-state index in [9.17, 15) is 4.79 Å². The van der Waals surface area contributed by atoms with Crippen molar-refractivity contribution in [2.45, 2.75) is 18.4 Å². The molecule has 1 fully saturated rings. The number of nitrogens with one attached hydrogen (secondary N) is 1. The van der Waals surface area contributed by atoms with Crippen LogP contribution in [0.5, 0.6) is 0 Å². The van der Waals surface area contributed by atoms with Gasteiger partial charge in [0.05, 0.1) is 5.54 Å². The van der Waals surface area contributed by atoms with E-state index in [1.54, 1.807) is 0 Å². The highest BCUT2D eigenvalue weighted by atomic mass is 127. The minimum Gasteiger partial charge on any atom is -0.345 e. The van der Waals surface area contributed by atoms with Crippen molar-refractivity contribution in [3.63, 3.8) is 0 Å². The van der Waals surface area contributed by atoms with Crippen molar-refractivity contribution in [3.8, 4) is 0 Å². The van der Waals surface area contributed by atoms with Gasteiger partial charge in [-0.15, -0.1) is 11.6 Å². The van der Waals surface area contributed by atoms with Crippen molar-refractivity contribution in [1.29, 1.82) is 0 Å². The zero-order valence-electron chi connectivity index (χ0n) is 8.09. The molecule has 15 heavy (non-hydrogen) atoms. The molecule has 1 amide bonds. The van der Waals surface area contributed by atoms with E-state index in [2.05, 4.69) is 27.9 Å². The first kappa shape index (κ1) is 11.2. The summed E-state index contributed by atoms with van der Waals surface area (Å²) in [5.74, 6) is 0.481. The van der Waals surface area contributed by atoms with Gasteiger partial charge in [0.2, 0.25) is 0 Å². The third-order valence-corrected chi connectivity index (χ3v) is 3.76. The number of amides is 1. The second kappa shape index (κ2) is 4.29. The van der Waals surface area contributed by atoms with Crippen LogP contribution in [0.2, 0.25) is 0 Å². The molecule has 0 aromatic heterocycles. The Hall–Kier alpha value is -0.290. The summed E-state index contributed by atoms with van der Waals surface area (Å²) < 4.78 is 1.07. The average molecular weight is 336 g/mol. The van der Waals surface area contributed by atoms with E-state index in [0.717, 1.165) is 16.4 Å². The maximum atomic E-state index is 11.8. The van der Waals surface area contributed by atoms with Crippen LogP contribution in [0, 0.1) is 3.57 Å². The van der Waals surface area contributed by atoms with Gasteiger partial charge in [0, 0.05) is 15.0 Å². The molecule has 0 bridgehead atoms. The molecule has 1 aromatic rings. The molecule has 0 unspecified atom stereocenters. The molecule has 2 rings (SSSR count). The summed E-state index contributed by atoms with van der Waals surface area (Å²) in [4.78, 5) is 11.8. The zero-order valence-corrected chi connectivity index (χ0v) is 11.0. The molecule has 4 heteroatoms. The number of hydrogen-bond acceptors (Lipinski definition) is 1. The number of halogens is 2. The lowest BCUT2D eigenvalue weighted by atomic mass is 10.2. The minimum atomic E-state index is -0.125. The van der Waals surface area contributed by atoms with Crippen molar-refractivity contribution in [1.82, 2.24) is 5.32 Å². The van der Waals surface area contributed by atoms with Gasteiger partial charge in [0.15, 0.2) is 0 Å². The van der Waals surface area contributed by atoms with Gasteiger partial charge in [-0.3, -0.25) is 4.79 Å². The lowest BCUT2D eigenvalue weighted by molar-refractivity contribution is 0.0936. The first-order chi connectivity index (χ1) is 7.15. The number of hydrogen-bond donors (Lipinski definition) is 1. The Labute approximate surface area is 108 Å². The van der Waals surface area contributed by atoms with Crippen molar-refractivity contribution < 1.29 is 4.79 Å². The Bertz CT molecular complexity index is 390. The van der Waals surface area contributed by atoms with Gasteiger partial charge in [-0.05, 0) is 53.6 Å². The van der Waals surface area contributed by atoms with Crippen molar-refractivity contribution in [2.75, 3.05) is 5.88 Å². The predicted molar refractivity (Wildman–Crippen MR) is 69.3 cm³/mol. The van der Waals surface area contributed by atoms with Crippen LogP contribution in [0.25, 0.3) is 0 Å². The van der Waals surface area contributed by atoms with E-state index in [1.165, 1.54) is 0 Å². The van der Waals surface area contributed by atoms with E-state index in [1.807, 2.05) is 24.3 Å². The molecule has 0 atom stereocenters. The van der Waals surface area contributed by atoms with Gasteiger partial charge < -0.3 is 5.32 Å². The molecule has 1 saturated carbocycles. The quantitative estimate of drug-likeness (QED) is 0.668. The summed E-state index contributed by atoms with van der Waals surface area (Å²) in [7, 11) is 0. The molecule has 1 aliphatic rings. The van der Waals surface area contributed by atoms with E-state index < -0.39 is 0 Å². The van der Waals surface area contributed by atoms with Crippen LogP contribution in [0.4, 0.5) is 0 Å². The number of benzene rings is 1. The molecule has 2 nitrogen and oxygen atoms in total. The Morgan fingerprint density at radius 1 is 1.53 bits per heavy atom. The molecular formula is C11H11ClINO. The first-order valence-electron chi connectivity index (χ1n) is 4.79. The SMILES string of the molecule is O=C(NC1(CCl)CC1)c1cccc(I)c1. The Balaban J connectivity index is 2.08. The summed E-state index contributed by atoms with van der Waals surface area (Å²) in [6, 6.07) is 7.55. The fraction of sp³-hybridized carbons (Fsp3) is 0.364. The molecule has 0 radical (unpaired) electrons. The van der Waals surface area contributed by atoms with Crippen molar-refractivity contribution in [2.24, 2.45) is 0 Å². The standard InChI is InChI=1S/C11H11ClINO/c12-7-11(4-5-11)14-10(15)8-2-1-3-9(13)6-8/h1-3,6H,4-5,7H2,(H,14,15). The molecule has 1 aliphatic carbocycles. The number of alkyl halides is 1. The van der Waals surface area contributed by atoms with Crippen LogP contribution in [-0.2, 0) is 0 Å². The zero-order chi connectivity index (χ0) is 10.9. The fourth-order valence-corrected chi connectivity index (χ4v) is 2.26. The Kier molecular flexibility index (Phi) is 3.21. The number of rotatable bonds is 3. The van der Waals surface area contributed by atoms with Gasteiger partial charge in [-0.2, -0.15) is 0 Å². The monoisotopic (exact) mass is 335 g/mol. The van der Waals surface area contributed by atoms with Crippen molar-refractivity contribution >= 4 is 40.1 Å². The topological polar surface area (TPSA) is 29.1 Å². The van der Waals surface area contributed by atoms with E-state index in [0.29, 0.717) is 11.4 Å². The summed E-state index contributed by atoms with van der Waals surface area (Å²) in [5.41, 5.74) is 0.582. The van der Waals surface area contributed by atoms with Crippen LogP contribution in [0.15, 0.2) is 24.3 Å². The molecule has 80 valence electrons.